The van der Waals surface area contributed by atoms with Crippen LogP contribution in [0.5, 0.6) is 11.5 Å². The minimum Gasteiger partial charge on any atom is -0.493 e. The minimum atomic E-state index is -0.526. The van der Waals surface area contributed by atoms with Crippen LogP contribution in [0.1, 0.15) is 24.2 Å². The summed E-state index contributed by atoms with van der Waals surface area (Å²) in [7, 11) is 3.06. The van der Waals surface area contributed by atoms with Gasteiger partial charge >= 0.3 is 0 Å². The molecule has 0 fully saturated rings. The molecule has 0 aliphatic carbocycles. The van der Waals surface area contributed by atoms with Crippen molar-refractivity contribution in [2.75, 3.05) is 20.7 Å². The summed E-state index contributed by atoms with van der Waals surface area (Å²) < 4.78 is 24.0. The number of likely N-dealkylation sites (N-methyl/N-ethyl adjacent to an activating group) is 1. The summed E-state index contributed by atoms with van der Waals surface area (Å²) in [6.07, 6.45) is -0.134. The van der Waals surface area contributed by atoms with Crippen molar-refractivity contribution in [1.29, 1.82) is 0 Å². The molecule has 1 aromatic rings. The number of ketones is 1. The number of hydrogen-bond donors (Lipinski definition) is 1. The maximum Gasteiger partial charge on any atom is 0.180 e. The monoisotopic (exact) mass is 255 g/mol. The fourth-order valence-corrected chi connectivity index (χ4v) is 1.54. The van der Waals surface area contributed by atoms with Crippen molar-refractivity contribution in [2.45, 2.75) is 20.0 Å². The maximum atomic E-state index is 13.4. The molecule has 1 rings (SSSR count). The zero-order chi connectivity index (χ0) is 13.7. The van der Waals surface area contributed by atoms with Gasteiger partial charge in [-0.1, -0.05) is 0 Å². The van der Waals surface area contributed by atoms with Gasteiger partial charge in [0.1, 0.15) is 5.82 Å². The first-order valence-corrected chi connectivity index (χ1v) is 5.71. The van der Waals surface area contributed by atoms with Crippen LogP contribution in [-0.4, -0.2) is 32.6 Å². The van der Waals surface area contributed by atoms with Gasteiger partial charge in [-0.3, -0.25) is 4.79 Å². The molecule has 4 nitrogen and oxygen atoms in total. The average molecular weight is 255 g/mol. The number of carbonyl (C=O) groups excluding carboxylic acids is 1. The minimum absolute atomic E-state index is 0.112. The fraction of sp³-hybridized carbons (Fsp3) is 0.462. The quantitative estimate of drug-likeness (QED) is 0.790. The highest BCUT2D eigenvalue weighted by Gasteiger charge is 2.19. The van der Waals surface area contributed by atoms with E-state index in [1.165, 1.54) is 19.2 Å². The molecule has 18 heavy (non-hydrogen) atoms. The lowest BCUT2D eigenvalue weighted by Crippen LogP contribution is -2.20. The van der Waals surface area contributed by atoms with Gasteiger partial charge in [0.25, 0.3) is 0 Å². The number of methoxy groups -OCH3 is 1. The summed E-state index contributed by atoms with van der Waals surface area (Å²) in [4.78, 5) is 11.9. The summed E-state index contributed by atoms with van der Waals surface area (Å²) in [6, 6.07) is 2.37. The Morgan fingerprint density at radius 1 is 1.44 bits per heavy atom. The largest absolute Gasteiger partial charge is 0.493 e. The Labute approximate surface area is 106 Å². The van der Waals surface area contributed by atoms with E-state index in [1.807, 2.05) is 13.8 Å². The van der Waals surface area contributed by atoms with Gasteiger partial charge in [-0.2, -0.15) is 0 Å². The number of carbonyl (C=O) groups is 1. The SMILES string of the molecule is CNCC(=O)c1cc(F)cc(OC)c1OC(C)C. The number of Topliss-reactive ketones (excluding diaryl/α,β-unsaturated/α-hetero) is 1. The van der Waals surface area contributed by atoms with Crippen LogP contribution >= 0.6 is 0 Å². The van der Waals surface area contributed by atoms with E-state index >= 15 is 0 Å². The van der Waals surface area contributed by atoms with Crippen molar-refractivity contribution in [3.63, 3.8) is 0 Å². The number of nitrogens with one attached hydrogen (secondary N) is 1. The lowest BCUT2D eigenvalue weighted by Gasteiger charge is -2.17. The molecule has 0 aromatic heterocycles. The molecular weight excluding hydrogens is 237 g/mol. The van der Waals surface area contributed by atoms with E-state index in [0.717, 1.165) is 0 Å². The molecular formula is C13H18FNO3. The molecule has 0 saturated carbocycles. The van der Waals surface area contributed by atoms with E-state index in [-0.39, 0.29) is 35.5 Å². The second-order valence-corrected chi connectivity index (χ2v) is 4.10. The van der Waals surface area contributed by atoms with E-state index in [2.05, 4.69) is 5.32 Å². The summed E-state index contributed by atoms with van der Waals surface area (Å²) in [5, 5.41) is 2.74. The van der Waals surface area contributed by atoms with Crippen LogP contribution in [0.25, 0.3) is 0 Å². The number of rotatable bonds is 6. The second-order valence-electron chi connectivity index (χ2n) is 4.10. The third-order valence-corrected chi connectivity index (χ3v) is 2.23. The number of halogens is 1. The normalized spacial score (nSPS) is 10.6. The highest BCUT2D eigenvalue weighted by Crippen LogP contribution is 2.33. The van der Waals surface area contributed by atoms with Crippen LogP contribution < -0.4 is 14.8 Å². The second kappa shape index (κ2) is 6.35. The Kier molecular flexibility index (Phi) is 5.09. The molecule has 0 unspecified atom stereocenters. The highest BCUT2D eigenvalue weighted by molar-refractivity contribution is 6.00. The van der Waals surface area contributed by atoms with Crippen LogP contribution in [0, 0.1) is 5.82 Å². The summed E-state index contributed by atoms with van der Waals surface area (Å²) in [5.41, 5.74) is 0.190. The zero-order valence-corrected chi connectivity index (χ0v) is 11.0. The summed E-state index contributed by atoms with van der Waals surface area (Å²) in [6.45, 7) is 3.77. The van der Waals surface area contributed by atoms with Crippen LogP contribution in [-0.2, 0) is 0 Å². The van der Waals surface area contributed by atoms with Crippen LogP contribution in [0.15, 0.2) is 12.1 Å². The van der Waals surface area contributed by atoms with Crippen LogP contribution in [0.4, 0.5) is 4.39 Å². The molecule has 100 valence electrons. The zero-order valence-electron chi connectivity index (χ0n) is 11.0. The molecule has 0 aliphatic heterocycles. The number of hydrogen-bond acceptors (Lipinski definition) is 4. The smallest absolute Gasteiger partial charge is 0.180 e. The molecule has 0 spiro atoms. The Balaban J connectivity index is 3.27. The van der Waals surface area contributed by atoms with Crippen LogP contribution in [0.3, 0.4) is 0 Å². The molecule has 5 heteroatoms. The van der Waals surface area contributed by atoms with E-state index in [4.69, 9.17) is 9.47 Å². The third-order valence-electron chi connectivity index (χ3n) is 2.23. The first-order chi connectivity index (χ1) is 8.49. The van der Waals surface area contributed by atoms with Crippen molar-refractivity contribution < 1.29 is 18.7 Å². The topological polar surface area (TPSA) is 47.6 Å². The summed E-state index contributed by atoms with van der Waals surface area (Å²) >= 11 is 0. The third kappa shape index (κ3) is 3.43. The van der Waals surface area contributed by atoms with Crippen molar-refractivity contribution in [2.24, 2.45) is 0 Å². The Morgan fingerprint density at radius 2 is 2.11 bits per heavy atom. The van der Waals surface area contributed by atoms with Gasteiger partial charge in [-0.05, 0) is 27.0 Å². The maximum absolute atomic E-state index is 13.4. The number of benzene rings is 1. The number of ether oxygens (including phenoxy) is 2. The Morgan fingerprint density at radius 3 is 2.61 bits per heavy atom. The van der Waals surface area contributed by atoms with Gasteiger partial charge in [0.2, 0.25) is 0 Å². The first kappa shape index (κ1) is 14.4. The Bertz CT molecular complexity index is 432. The molecule has 1 aromatic carbocycles. The predicted octanol–water partition coefficient (Wildman–Crippen LogP) is 2.02. The van der Waals surface area contributed by atoms with Gasteiger partial charge in [0.05, 0.1) is 25.3 Å². The Hall–Kier alpha value is -1.62. The predicted molar refractivity (Wildman–Crippen MR) is 67.0 cm³/mol. The lowest BCUT2D eigenvalue weighted by atomic mass is 10.1. The molecule has 0 radical (unpaired) electrons. The average Bonchev–Trinajstić information content (AvgIpc) is 2.30. The van der Waals surface area contributed by atoms with Crippen molar-refractivity contribution >= 4 is 5.78 Å². The van der Waals surface area contributed by atoms with E-state index in [1.54, 1.807) is 7.05 Å². The van der Waals surface area contributed by atoms with E-state index in [9.17, 15) is 9.18 Å². The molecule has 0 amide bonds. The molecule has 0 bridgehead atoms. The van der Waals surface area contributed by atoms with E-state index < -0.39 is 5.82 Å². The van der Waals surface area contributed by atoms with Gasteiger partial charge in [-0.25, -0.2) is 4.39 Å². The van der Waals surface area contributed by atoms with Gasteiger partial charge in [-0.15, -0.1) is 0 Å². The van der Waals surface area contributed by atoms with Crippen LogP contribution in [0.2, 0.25) is 0 Å². The first-order valence-electron chi connectivity index (χ1n) is 5.71. The molecule has 0 aliphatic rings. The standard InChI is InChI=1S/C13H18FNO3/c1-8(2)18-13-10(11(16)7-15-3)5-9(14)6-12(13)17-4/h5-6,8,15H,7H2,1-4H3. The van der Waals surface area contributed by atoms with Crippen molar-refractivity contribution in [3.05, 3.63) is 23.5 Å². The highest BCUT2D eigenvalue weighted by atomic mass is 19.1. The van der Waals surface area contributed by atoms with Gasteiger partial charge in [0, 0.05) is 6.07 Å². The lowest BCUT2D eigenvalue weighted by molar-refractivity contribution is 0.0986. The molecule has 1 N–H and O–H groups in total. The molecule has 0 heterocycles. The summed E-state index contributed by atoms with van der Waals surface area (Å²) in [5.74, 6) is -0.259. The van der Waals surface area contributed by atoms with E-state index in [0.29, 0.717) is 0 Å². The van der Waals surface area contributed by atoms with Crippen molar-refractivity contribution in [3.8, 4) is 11.5 Å². The molecule has 0 atom stereocenters. The fourth-order valence-electron chi connectivity index (χ4n) is 1.54. The van der Waals surface area contributed by atoms with Crippen molar-refractivity contribution in [1.82, 2.24) is 5.32 Å². The van der Waals surface area contributed by atoms with Gasteiger partial charge in [0.15, 0.2) is 17.3 Å². The van der Waals surface area contributed by atoms with Gasteiger partial charge < -0.3 is 14.8 Å². The molecule has 0 saturated heterocycles.